The molecule has 1 aliphatic rings. The molecule has 0 radical (unpaired) electrons. The molecular formula is C25H21N7O2. The zero-order valence-electron chi connectivity index (χ0n) is 18.3. The molecule has 9 nitrogen and oxygen atoms in total. The van der Waals surface area contributed by atoms with Crippen molar-refractivity contribution in [3.63, 3.8) is 0 Å². The zero-order chi connectivity index (χ0) is 23.5. The maximum atomic E-state index is 13.5. The second-order valence-electron chi connectivity index (χ2n) is 7.58. The van der Waals surface area contributed by atoms with Crippen LogP contribution in [0, 0.1) is 0 Å². The van der Waals surface area contributed by atoms with Crippen molar-refractivity contribution in [3.8, 4) is 0 Å². The highest BCUT2D eigenvalue weighted by atomic mass is 16.2. The lowest BCUT2D eigenvalue weighted by Crippen LogP contribution is -2.30. The normalized spacial score (nSPS) is 12.0. The van der Waals surface area contributed by atoms with Crippen LogP contribution < -0.4 is 20.9 Å². The number of para-hydroxylation sites is 2. The first kappa shape index (κ1) is 21.1. The SMILES string of the molecule is CNc1ncccc1C(=O)Nc1ccc(C(=O)N2Cc3cccnc3Nc3ccccc32)cn1. The van der Waals surface area contributed by atoms with Gasteiger partial charge < -0.3 is 20.9 Å². The number of fused-ring (bicyclic) bond motifs is 2. The van der Waals surface area contributed by atoms with Crippen LogP contribution in [-0.2, 0) is 6.54 Å². The number of benzene rings is 1. The van der Waals surface area contributed by atoms with Crippen LogP contribution in [0.2, 0.25) is 0 Å². The fourth-order valence-electron chi connectivity index (χ4n) is 3.78. The minimum Gasteiger partial charge on any atom is -0.372 e. The Morgan fingerprint density at radius 3 is 2.59 bits per heavy atom. The molecule has 9 heteroatoms. The zero-order valence-corrected chi connectivity index (χ0v) is 18.3. The molecule has 0 saturated carbocycles. The van der Waals surface area contributed by atoms with E-state index in [4.69, 9.17) is 0 Å². The second-order valence-corrected chi connectivity index (χ2v) is 7.58. The van der Waals surface area contributed by atoms with E-state index < -0.39 is 0 Å². The van der Waals surface area contributed by atoms with Gasteiger partial charge in [-0.25, -0.2) is 15.0 Å². The molecule has 5 rings (SSSR count). The van der Waals surface area contributed by atoms with Crippen molar-refractivity contribution in [3.05, 3.63) is 95.9 Å². The van der Waals surface area contributed by atoms with E-state index in [1.807, 2.05) is 36.4 Å². The number of nitrogens with one attached hydrogen (secondary N) is 3. The number of rotatable bonds is 4. The van der Waals surface area contributed by atoms with E-state index in [0.717, 1.165) is 22.8 Å². The van der Waals surface area contributed by atoms with Crippen LogP contribution >= 0.6 is 0 Å². The van der Waals surface area contributed by atoms with Crippen LogP contribution in [0.4, 0.5) is 28.8 Å². The van der Waals surface area contributed by atoms with Gasteiger partial charge in [0.25, 0.3) is 11.8 Å². The van der Waals surface area contributed by atoms with E-state index in [1.54, 1.807) is 48.6 Å². The Hall–Kier alpha value is -4.79. The van der Waals surface area contributed by atoms with E-state index in [-0.39, 0.29) is 11.8 Å². The van der Waals surface area contributed by atoms with Crippen molar-refractivity contribution in [2.24, 2.45) is 0 Å². The summed E-state index contributed by atoms with van der Waals surface area (Å²) in [6.45, 7) is 0.359. The summed E-state index contributed by atoms with van der Waals surface area (Å²) in [4.78, 5) is 40.7. The second kappa shape index (κ2) is 8.99. The van der Waals surface area contributed by atoms with Crippen LogP contribution in [0.1, 0.15) is 26.3 Å². The first-order valence-corrected chi connectivity index (χ1v) is 10.7. The Morgan fingerprint density at radius 2 is 1.76 bits per heavy atom. The average molecular weight is 451 g/mol. The molecule has 0 bridgehead atoms. The highest BCUT2D eigenvalue weighted by molar-refractivity contribution is 6.09. The lowest BCUT2D eigenvalue weighted by molar-refractivity contribution is 0.0984. The Morgan fingerprint density at radius 1 is 0.941 bits per heavy atom. The molecular weight excluding hydrogens is 430 g/mol. The quantitative estimate of drug-likeness (QED) is 0.429. The molecule has 0 unspecified atom stereocenters. The molecule has 4 heterocycles. The van der Waals surface area contributed by atoms with Gasteiger partial charge in [0.15, 0.2) is 0 Å². The molecule has 0 aliphatic carbocycles. The smallest absolute Gasteiger partial charge is 0.260 e. The Balaban J connectivity index is 1.39. The molecule has 0 atom stereocenters. The monoisotopic (exact) mass is 451 g/mol. The van der Waals surface area contributed by atoms with Crippen molar-refractivity contribution in [1.29, 1.82) is 0 Å². The molecule has 3 aromatic heterocycles. The largest absolute Gasteiger partial charge is 0.372 e. The maximum Gasteiger partial charge on any atom is 0.260 e. The third kappa shape index (κ3) is 4.02. The summed E-state index contributed by atoms with van der Waals surface area (Å²) in [5.41, 5.74) is 3.24. The summed E-state index contributed by atoms with van der Waals surface area (Å²) in [5, 5.41) is 8.95. The Kier molecular flexibility index (Phi) is 5.57. The van der Waals surface area contributed by atoms with Crippen molar-refractivity contribution >= 4 is 40.6 Å². The van der Waals surface area contributed by atoms with Gasteiger partial charge in [0.05, 0.1) is 29.0 Å². The van der Waals surface area contributed by atoms with Gasteiger partial charge in [-0.15, -0.1) is 0 Å². The Bertz CT molecular complexity index is 1370. The molecule has 3 N–H and O–H groups in total. The number of aromatic nitrogens is 3. The van der Waals surface area contributed by atoms with Crippen molar-refractivity contribution in [2.75, 3.05) is 27.9 Å². The molecule has 1 aromatic carbocycles. The number of carbonyl (C=O) groups is 2. The van der Waals surface area contributed by atoms with Crippen LogP contribution in [0.3, 0.4) is 0 Å². The maximum absolute atomic E-state index is 13.5. The van der Waals surface area contributed by atoms with Crippen LogP contribution in [0.25, 0.3) is 0 Å². The van der Waals surface area contributed by atoms with Gasteiger partial charge in [0.2, 0.25) is 0 Å². The van der Waals surface area contributed by atoms with Gasteiger partial charge in [-0.2, -0.15) is 0 Å². The van der Waals surface area contributed by atoms with Gasteiger partial charge in [-0.05, 0) is 42.5 Å². The third-order valence-electron chi connectivity index (χ3n) is 5.45. The summed E-state index contributed by atoms with van der Waals surface area (Å²) in [7, 11) is 1.70. The molecule has 34 heavy (non-hydrogen) atoms. The predicted octanol–water partition coefficient (Wildman–Crippen LogP) is 4.07. The fraction of sp³-hybridized carbons (Fsp3) is 0.0800. The number of nitrogens with zero attached hydrogens (tertiary/aromatic N) is 4. The molecule has 4 aromatic rings. The standard InChI is InChI=1S/C25H21N7O2/c1-26-23-18(7-5-13-28-23)24(33)31-21-11-10-16(14-29-21)25(34)32-15-17-6-4-12-27-22(17)30-19-8-2-3-9-20(19)32/h2-14H,15H2,1H3,(H,26,28)(H,27,30)(H,29,31,33). The molecule has 1 aliphatic heterocycles. The summed E-state index contributed by atoms with van der Waals surface area (Å²) in [6, 6.07) is 18.0. The number of amides is 2. The predicted molar refractivity (Wildman–Crippen MR) is 130 cm³/mol. The van der Waals surface area contributed by atoms with Crippen LogP contribution in [0.5, 0.6) is 0 Å². The van der Waals surface area contributed by atoms with E-state index in [9.17, 15) is 9.59 Å². The average Bonchev–Trinajstić information content (AvgIpc) is 3.05. The molecule has 168 valence electrons. The summed E-state index contributed by atoms with van der Waals surface area (Å²) < 4.78 is 0. The van der Waals surface area contributed by atoms with Crippen molar-refractivity contribution in [1.82, 2.24) is 15.0 Å². The molecule has 2 amide bonds. The highest BCUT2D eigenvalue weighted by Crippen LogP contribution is 2.35. The Labute approximate surface area is 195 Å². The van der Waals surface area contributed by atoms with Gasteiger partial charge in [0.1, 0.15) is 17.5 Å². The van der Waals surface area contributed by atoms with Gasteiger partial charge >= 0.3 is 0 Å². The molecule has 0 spiro atoms. The number of anilines is 5. The lowest BCUT2D eigenvalue weighted by Gasteiger charge is -2.22. The van der Waals surface area contributed by atoms with Gasteiger partial charge in [-0.3, -0.25) is 9.59 Å². The minimum atomic E-state index is -0.347. The lowest BCUT2D eigenvalue weighted by atomic mass is 10.1. The van der Waals surface area contributed by atoms with Gasteiger partial charge in [0, 0.05) is 31.2 Å². The van der Waals surface area contributed by atoms with E-state index in [2.05, 4.69) is 30.9 Å². The molecule has 0 fully saturated rings. The van der Waals surface area contributed by atoms with E-state index in [0.29, 0.717) is 29.3 Å². The van der Waals surface area contributed by atoms with E-state index >= 15 is 0 Å². The summed E-state index contributed by atoms with van der Waals surface area (Å²) in [6.07, 6.45) is 4.78. The summed E-state index contributed by atoms with van der Waals surface area (Å²) in [5.74, 6) is 0.967. The number of pyridine rings is 3. The van der Waals surface area contributed by atoms with Gasteiger partial charge in [-0.1, -0.05) is 18.2 Å². The first-order valence-electron chi connectivity index (χ1n) is 10.7. The highest BCUT2D eigenvalue weighted by Gasteiger charge is 2.25. The van der Waals surface area contributed by atoms with E-state index in [1.165, 1.54) is 6.20 Å². The summed E-state index contributed by atoms with van der Waals surface area (Å²) >= 11 is 0. The minimum absolute atomic E-state index is 0.207. The van der Waals surface area contributed by atoms with Crippen molar-refractivity contribution in [2.45, 2.75) is 6.54 Å². The first-order chi connectivity index (χ1) is 16.6. The fourth-order valence-corrected chi connectivity index (χ4v) is 3.78. The number of carbonyl (C=O) groups excluding carboxylic acids is 2. The number of hydrogen-bond donors (Lipinski definition) is 3. The topological polar surface area (TPSA) is 112 Å². The molecule has 0 saturated heterocycles. The third-order valence-corrected chi connectivity index (χ3v) is 5.45. The van der Waals surface area contributed by atoms with Crippen LogP contribution in [-0.4, -0.2) is 33.8 Å². The van der Waals surface area contributed by atoms with Crippen LogP contribution in [0.15, 0.2) is 79.3 Å². The van der Waals surface area contributed by atoms with Crippen molar-refractivity contribution < 1.29 is 9.59 Å². The number of hydrogen-bond acceptors (Lipinski definition) is 7.